The van der Waals surface area contributed by atoms with E-state index in [1.165, 1.54) is 13.8 Å². The zero-order valence-electron chi connectivity index (χ0n) is 30.2. The van der Waals surface area contributed by atoms with Gasteiger partial charge in [-0.05, 0) is 57.3 Å². The van der Waals surface area contributed by atoms with E-state index in [-0.39, 0.29) is 109 Å². The van der Waals surface area contributed by atoms with Gasteiger partial charge in [0, 0.05) is 74.5 Å². The predicted octanol–water partition coefficient (Wildman–Crippen LogP) is 8.17. The van der Waals surface area contributed by atoms with Crippen LogP contribution >= 0.6 is 0 Å². The van der Waals surface area contributed by atoms with E-state index < -0.39 is 17.8 Å². The summed E-state index contributed by atoms with van der Waals surface area (Å²) < 4.78 is 0. The van der Waals surface area contributed by atoms with Gasteiger partial charge in [0.1, 0.15) is 40.5 Å². The van der Waals surface area contributed by atoms with E-state index in [1.807, 2.05) is 55.4 Å². The topological polar surface area (TPSA) is 119 Å². The van der Waals surface area contributed by atoms with Gasteiger partial charge in [-0.15, -0.1) is 0 Å². The Morgan fingerprint density at radius 3 is 1.62 bits per heavy atom. The number of carbonyl (C=O) groups is 7. The number of ketones is 7. The molecule has 0 bridgehead atoms. The second kappa shape index (κ2) is 22.3. The Hall–Kier alpha value is -2.31. The highest BCUT2D eigenvalue weighted by atomic mass is 16.2. The van der Waals surface area contributed by atoms with Crippen LogP contribution in [-0.2, 0) is 33.6 Å². The maximum absolute atomic E-state index is 13.8. The number of unbranched alkanes of at least 4 members (excludes halogenated alkanes) is 1. The van der Waals surface area contributed by atoms with Crippen LogP contribution in [0.25, 0.3) is 0 Å². The summed E-state index contributed by atoms with van der Waals surface area (Å²) >= 11 is 0. The molecule has 0 aliphatic rings. The molecule has 0 saturated carbocycles. The number of Topliss-reactive ketones (excluding diaryl/α,β-unsaturated/α-hetero) is 7. The fourth-order valence-corrected chi connectivity index (χ4v) is 6.00. The molecule has 0 rings (SSSR count). The van der Waals surface area contributed by atoms with E-state index in [9.17, 15) is 33.6 Å². The Morgan fingerprint density at radius 2 is 1.13 bits per heavy atom. The molecule has 0 radical (unpaired) electrons. The van der Waals surface area contributed by atoms with E-state index in [2.05, 4.69) is 0 Å². The molecule has 0 aromatic rings. The molecule has 0 spiro atoms. The van der Waals surface area contributed by atoms with Crippen LogP contribution in [0.15, 0.2) is 0 Å². The van der Waals surface area contributed by atoms with Crippen LogP contribution in [0.5, 0.6) is 0 Å². The summed E-state index contributed by atoms with van der Waals surface area (Å²) in [6, 6.07) is 0. The minimum absolute atomic E-state index is 0.00667. The van der Waals surface area contributed by atoms with Gasteiger partial charge in [-0.25, -0.2) is 0 Å². The fourth-order valence-electron chi connectivity index (χ4n) is 6.00. The molecule has 0 aliphatic carbocycles. The minimum atomic E-state index is -0.572. The van der Waals surface area contributed by atoms with Crippen molar-refractivity contribution in [2.45, 2.75) is 153 Å². The van der Waals surface area contributed by atoms with Crippen LogP contribution in [0.3, 0.4) is 0 Å². The molecule has 258 valence electrons. The average Bonchev–Trinajstić information content (AvgIpc) is 2.96. The first kappa shape index (κ1) is 42.7. The molecule has 0 saturated heterocycles. The summed E-state index contributed by atoms with van der Waals surface area (Å²) in [7, 11) is 0. The van der Waals surface area contributed by atoms with Crippen molar-refractivity contribution in [1.82, 2.24) is 0 Å². The first-order valence-electron chi connectivity index (χ1n) is 17.6. The Kier molecular flexibility index (Phi) is 21.1. The number of hydrogen-bond donors (Lipinski definition) is 0. The van der Waals surface area contributed by atoms with E-state index in [0.717, 1.165) is 0 Å². The van der Waals surface area contributed by atoms with Crippen molar-refractivity contribution in [2.24, 2.45) is 47.3 Å². The lowest BCUT2D eigenvalue weighted by molar-refractivity contribution is -0.136. The van der Waals surface area contributed by atoms with Gasteiger partial charge < -0.3 is 4.79 Å². The number of hydrogen-bond acceptors (Lipinski definition) is 7. The quantitative estimate of drug-likeness (QED) is 0.0838. The van der Waals surface area contributed by atoms with Crippen LogP contribution in [-0.4, -0.2) is 40.5 Å². The Bertz CT molecular complexity index is 992. The third-order valence-electron chi connectivity index (χ3n) is 9.66. The van der Waals surface area contributed by atoms with Crippen molar-refractivity contribution in [1.29, 1.82) is 0 Å². The van der Waals surface area contributed by atoms with E-state index in [4.69, 9.17) is 0 Å². The molecule has 0 heterocycles. The summed E-state index contributed by atoms with van der Waals surface area (Å²) in [4.78, 5) is 90.0. The molecule has 0 N–H and O–H groups in total. The van der Waals surface area contributed by atoms with Crippen molar-refractivity contribution >= 4 is 40.5 Å². The van der Waals surface area contributed by atoms with Crippen molar-refractivity contribution in [3.63, 3.8) is 0 Å². The van der Waals surface area contributed by atoms with Crippen molar-refractivity contribution in [2.75, 3.05) is 0 Å². The van der Waals surface area contributed by atoms with Crippen LogP contribution < -0.4 is 0 Å². The summed E-state index contributed by atoms with van der Waals surface area (Å²) in [6.45, 7) is 18.6. The van der Waals surface area contributed by atoms with Crippen molar-refractivity contribution in [3.8, 4) is 0 Å². The van der Waals surface area contributed by atoms with E-state index in [1.54, 1.807) is 0 Å². The highest BCUT2D eigenvalue weighted by Gasteiger charge is 2.35. The zero-order chi connectivity index (χ0) is 34.9. The lowest BCUT2D eigenvalue weighted by Crippen LogP contribution is -2.33. The van der Waals surface area contributed by atoms with Gasteiger partial charge in [-0.1, -0.05) is 68.2 Å². The van der Waals surface area contributed by atoms with Gasteiger partial charge in [0.15, 0.2) is 0 Å². The number of carbonyl (C=O) groups excluding carboxylic acids is 7. The van der Waals surface area contributed by atoms with Gasteiger partial charge in [0.05, 0.1) is 0 Å². The first-order valence-corrected chi connectivity index (χ1v) is 17.6. The highest BCUT2D eigenvalue weighted by Crippen LogP contribution is 2.31. The second-order valence-electron chi connectivity index (χ2n) is 14.5. The SMILES string of the molecule is CCC(C)C(=O)CCC(=O)CC(CCCCC(C)=O)C(=O)CC(C(=O)CC(C(=O)CC(CC(C)C)C(C)=O)C(C)C)C(C)CC. The van der Waals surface area contributed by atoms with Gasteiger partial charge in [0.25, 0.3) is 0 Å². The summed E-state index contributed by atoms with van der Waals surface area (Å²) in [5, 5.41) is 0. The van der Waals surface area contributed by atoms with Gasteiger partial charge in [-0.3, -0.25) is 28.8 Å². The van der Waals surface area contributed by atoms with Crippen molar-refractivity contribution < 1.29 is 33.6 Å². The second-order valence-corrected chi connectivity index (χ2v) is 14.5. The van der Waals surface area contributed by atoms with Crippen LogP contribution in [0.1, 0.15) is 153 Å². The Balaban J connectivity index is 5.86. The first-order chi connectivity index (χ1) is 20.9. The molecule has 0 fully saturated rings. The maximum atomic E-state index is 13.8. The molecule has 7 nitrogen and oxygen atoms in total. The molecule has 45 heavy (non-hydrogen) atoms. The highest BCUT2D eigenvalue weighted by molar-refractivity contribution is 5.95. The molecule has 0 aromatic carbocycles. The molecular weight excluding hydrogens is 568 g/mol. The van der Waals surface area contributed by atoms with E-state index >= 15 is 0 Å². The third kappa shape index (κ3) is 17.3. The third-order valence-corrected chi connectivity index (χ3v) is 9.66. The Labute approximate surface area is 273 Å². The maximum Gasteiger partial charge on any atom is 0.137 e. The Morgan fingerprint density at radius 1 is 0.556 bits per heavy atom. The van der Waals surface area contributed by atoms with Gasteiger partial charge in [0.2, 0.25) is 0 Å². The lowest BCUT2D eigenvalue weighted by atomic mass is 9.75. The molecular formula is C38H64O7. The van der Waals surface area contributed by atoms with Crippen LogP contribution in [0.4, 0.5) is 0 Å². The van der Waals surface area contributed by atoms with Gasteiger partial charge in [-0.2, -0.15) is 0 Å². The largest absolute Gasteiger partial charge is 0.300 e. The monoisotopic (exact) mass is 632 g/mol. The lowest BCUT2D eigenvalue weighted by Gasteiger charge is -2.27. The molecule has 6 unspecified atom stereocenters. The number of rotatable bonds is 27. The summed E-state index contributed by atoms with van der Waals surface area (Å²) in [5.74, 6) is -2.39. The normalized spacial score (nSPS) is 15.6. The summed E-state index contributed by atoms with van der Waals surface area (Å²) in [5.41, 5.74) is 0. The van der Waals surface area contributed by atoms with E-state index in [0.29, 0.717) is 44.9 Å². The van der Waals surface area contributed by atoms with Crippen LogP contribution in [0.2, 0.25) is 0 Å². The summed E-state index contributed by atoms with van der Waals surface area (Å²) in [6.07, 6.45) is 4.61. The molecule has 6 atom stereocenters. The van der Waals surface area contributed by atoms with Crippen LogP contribution in [0, 0.1) is 47.3 Å². The average molecular weight is 633 g/mol. The minimum Gasteiger partial charge on any atom is -0.300 e. The fraction of sp³-hybridized carbons (Fsp3) is 0.816. The molecule has 0 aromatic heterocycles. The zero-order valence-corrected chi connectivity index (χ0v) is 30.2. The molecule has 0 aliphatic heterocycles. The molecule has 7 heteroatoms. The predicted molar refractivity (Wildman–Crippen MR) is 180 cm³/mol. The smallest absolute Gasteiger partial charge is 0.137 e. The van der Waals surface area contributed by atoms with Crippen molar-refractivity contribution in [3.05, 3.63) is 0 Å². The molecule has 0 amide bonds. The van der Waals surface area contributed by atoms with Gasteiger partial charge >= 0.3 is 0 Å². The standard InChI is InChI=1S/C38H64O7/c1-11-26(7)34(38(45)22-33(25(5)6)37(44)21-31(29(10)40)19-24(3)4)23-36(43)30(16-14-13-15-28(9)39)20-32(41)17-18-35(42)27(8)12-2/h24-27,30-31,33-34H,11-23H2,1-10H3.